The second kappa shape index (κ2) is 11.0. The van der Waals surface area contributed by atoms with E-state index in [0.717, 1.165) is 28.8 Å². The van der Waals surface area contributed by atoms with Gasteiger partial charge in [0, 0.05) is 10.9 Å². The molecule has 3 aromatic carbocycles. The SMILES string of the molecule is Cc1ccc(C(=O)c2nn(CC=Cc3ccc(CO[C@H](C)C(=O)O)cc3)c3cc(C(F)(F)F)ccc23)cc1. The van der Waals surface area contributed by atoms with Gasteiger partial charge < -0.3 is 9.84 Å². The zero-order chi connectivity index (χ0) is 27.4. The molecule has 0 aliphatic rings. The zero-order valence-electron chi connectivity index (χ0n) is 20.7. The van der Waals surface area contributed by atoms with Gasteiger partial charge in [-0.2, -0.15) is 18.3 Å². The highest BCUT2D eigenvalue weighted by molar-refractivity contribution is 6.15. The maximum atomic E-state index is 13.4. The van der Waals surface area contributed by atoms with Crippen LogP contribution in [0.5, 0.6) is 0 Å². The number of alkyl halides is 3. The van der Waals surface area contributed by atoms with Gasteiger partial charge in [-0.1, -0.05) is 66.2 Å². The summed E-state index contributed by atoms with van der Waals surface area (Å²) in [6.45, 7) is 3.64. The lowest BCUT2D eigenvalue weighted by Gasteiger charge is -2.08. The van der Waals surface area contributed by atoms with Gasteiger partial charge in [-0.25, -0.2) is 4.79 Å². The second-order valence-electron chi connectivity index (χ2n) is 8.89. The number of aliphatic carboxylic acids is 1. The fraction of sp³-hybridized carbons (Fsp3) is 0.207. The molecule has 1 heterocycles. The Hall–Kier alpha value is -4.24. The molecule has 0 saturated carbocycles. The molecule has 1 aromatic heterocycles. The van der Waals surface area contributed by atoms with Crippen LogP contribution in [0.2, 0.25) is 0 Å². The van der Waals surface area contributed by atoms with Crippen molar-refractivity contribution in [3.63, 3.8) is 0 Å². The minimum Gasteiger partial charge on any atom is -0.479 e. The predicted molar refractivity (Wildman–Crippen MR) is 137 cm³/mol. The van der Waals surface area contributed by atoms with Crippen molar-refractivity contribution in [3.05, 3.63) is 106 Å². The van der Waals surface area contributed by atoms with Gasteiger partial charge in [0.25, 0.3) is 0 Å². The van der Waals surface area contributed by atoms with E-state index in [-0.39, 0.29) is 30.1 Å². The van der Waals surface area contributed by atoms with Crippen LogP contribution in [0.1, 0.15) is 45.2 Å². The number of carboxylic acid groups (broad SMARTS) is 1. The summed E-state index contributed by atoms with van der Waals surface area (Å²) in [5.41, 5.74) is 2.48. The third-order valence-electron chi connectivity index (χ3n) is 6.02. The Balaban J connectivity index is 1.58. The molecular formula is C29H25F3N2O4. The number of hydrogen-bond donors (Lipinski definition) is 1. The summed E-state index contributed by atoms with van der Waals surface area (Å²) >= 11 is 0. The molecule has 9 heteroatoms. The van der Waals surface area contributed by atoms with Crippen molar-refractivity contribution in [1.29, 1.82) is 0 Å². The van der Waals surface area contributed by atoms with E-state index in [1.807, 2.05) is 19.1 Å². The minimum atomic E-state index is -4.53. The fourth-order valence-electron chi connectivity index (χ4n) is 3.80. The quantitative estimate of drug-likeness (QED) is 0.261. The fourth-order valence-corrected chi connectivity index (χ4v) is 3.80. The minimum absolute atomic E-state index is 0.0888. The zero-order valence-corrected chi connectivity index (χ0v) is 20.7. The number of ether oxygens (including phenoxy) is 1. The summed E-state index contributed by atoms with van der Waals surface area (Å²) in [4.78, 5) is 24.0. The van der Waals surface area contributed by atoms with Crippen LogP contribution in [-0.2, 0) is 28.9 Å². The van der Waals surface area contributed by atoms with Gasteiger partial charge >= 0.3 is 12.1 Å². The molecule has 196 valence electrons. The normalized spacial score (nSPS) is 12.8. The maximum Gasteiger partial charge on any atom is 0.416 e. The van der Waals surface area contributed by atoms with Crippen molar-refractivity contribution >= 4 is 28.7 Å². The van der Waals surface area contributed by atoms with Crippen molar-refractivity contribution in [3.8, 4) is 0 Å². The summed E-state index contributed by atoms with van der Waals surface area (Å²) in [5, 5.41) is 13.6. The number of allylic oxidation sites excluding steroid dienone is 1. The Morgan fingerprint density at radius 3 is 2.37 bits per heavy atom. The van der Waals surface area contributed by atoms with Crippen LogP contribution >= 0.6 is 0 Å². The van der Waals surface area contributed by atoms with Gasteiger partial charge in [0.1, 0.15) is 5.69 Å². The first-order chi connectivity index (χ1) is 18.0. The molecule has 0 radical (unpaired) electrons. The van der Waals surface area contributed by atoms with Crippen LogP contribution < -0.4 is 0 Å². The number of rotatable bonds is 9. The number of ketones is 1. The molecule has 6 nitrogen and oxygen atoms in total. The van der Waals surface area contributed by atoms with E-state index < -0.39 is 23.8 Å². The van der Waals surface area contributed by atoms with Crippen LogP contribution in [-0.4, -0.2) is 32.7 Å². The smallest absolute Gasteiger partial charge is 0.416 e. The lowest BCUT2D eigenvalue weighted by atomic mass is 10.0. The molecule has 0 saturated heterocycles. The number of hydrogen-bond acceptors (Lipinski definition) is 4. The number of fused-ring (bicyclic) bond motifs is 1. The standard InChI is InChI=1S/C29H25F3N2O4/c1-18-5-11-22(12-6-18)27(35)26-24-14-13-23(29(30,31)32)16-25(24)34(33-26)15-3-4-20-7-9-21(10-8-20)17-38-19(2)28(36)37/h3-14,16,19H,15,17H2,1-2H3,(H,36,37)/t19-/m1/s1. The molecular weight excluding hydrogens is 497 g/mol. The summed E-state index contributed by atoms with van der Waals surface area (Å²) in [6.07, 6.45) is -1.93. The van der Waals surface area contributed by atoms with Crippen LogP contribution in [0.25, 0.3) is 17.0 Å². The Bertz CT molecular complexity index is 1490. The first-order valence-corrected chi connectivity index (χ1v) is 11.8. The van der Waals surface area contributed by atoms with Gasteiger partial charge in [-0.15, -0.1) is 0 Å². The van der Waals surface area contributed by atoms with Gasteiger partial charge in [0.15, 0.2) is 6.10 Å². The van der Waals surface area contributed by atoms with E-state index in [1.165, 1.54) is 17.7 Å². The van der Waals surface area contributed by atoms with Crippen molar-refractivity contribution in [1.82, 2.24) is 9.78 Å². The average Bonchev–Trinajstić information content (AvgIpc) is 3.25. The first kappa shape index (κ1) is 26.8. The number of halogens is 3. The highest BCUT2D eigenvalue weighted by Gasteiger charge is 2.31. The number of carbonyl (C=O) groups excluding carboxylic acids is 1. The van der Waals surface area contributed by atoms with Crippen LogP contribution in [0, 0.1) is 6.92 Å². The molecule has 0 spiro atoms. The Labute approximate surface area is 217 Å². The topological polar surface area (TPSA) is 81.4 Å². The van der Waals surface area contributed by atoms with Gasteiger partial charge in [-0.3, -0.25) is 9.48 Å². The number of carbonyl (C=O) groups is 2. The van der Waals surface area contributed by atoms with Crippen LogP contribution in [0.15, 0.2) is 72.8 Å². The van der Waals surface area contributed by atoms with Crippen molar-refractivity contribution in [2.24, 2.45) is 0 Å². The van der Waals surface area contributed by atoms with Crippen molar-refractivity contribution < 1.29 is 32.6 Å². The van der Waals surface area contributed by atoms with Crippen molar-refractivity contribution in [2.45, 2.75) is 39.3 Å². The average molecular weight is 523 g/mol. The lowest BCUT2D eigenvalue weighted by molar-refractivity contribution is -0.149. The molecule has 0 bridgehead atoms. The third-order valence-corrected chi connectivity index (χ3v) is 6.02. The molecule has 1 atom stereocenters. The Morgan fingerprint density at radius 1 is 1.05 bits per heavy atom. The monoisotopic (exact) mass is 522 g/mol. The lowest BCUT2D eigenvalue weighted by Crippen LogP contribution is -2.19. The summed E-state index contributed by atoms with van der Waals surface area (Å²) in [7, 11) is 0. The Morgan fingerprint density at radius 2 is 1.74 bits per heavy atom. The molecule has 1 N–H and O–H groups in total. The highest BCUT2D eigenvalue weighted by Crippen LogP contribution is 2.33. The molecule has 0 unspecified atom stereocenters. The largest absolute Gasteiger partial charge is 0.479 e. The number of aryl methyl sites for hydroxylation is 1. The maximum absolute atomic E-state index is 13.4. The van der Waals surface area contributed by atoms with E-state index >= 15 is 0 Å². The summed E-state index contributed by atoms with van der Waals surface area (Å²) in [6, 6.07) is 17.4. The first-order valence-electron chi connectivity index (χ1n) is 11.8. The Kier molecular flexibility index (Phi) is 7.78. The molecule has 0 amide bonds. The molecule has 38 heavy (non-hydrogen) atoms. The summed E-state index contributed by atoms with van der Waals surface area (Å²) < 4.78 is 46.9. The molecule has 4 rings (SSSR count). The van der Waals surface area contributed by atoms with E-state index in [4.69, 9.17) is 9.84 Å². The molecule has 0 fully saturated rings. The van der Waals surface area contributed by atoms with Crippen molar-refractivity contribution in [2.75, 3.05) is 0 Å². The second-order valence-corrected chi connectivity index (χ2v) is 8.89. The van der Waals surface area contributed by atoms with E-state index in [9.17, 15) is 22.8 Å². The highest BCUT2D eigenvalue weighted by atomic mass is 19.4. The van der Waals surface area contributed by atoms with Crippen LogP contribution in [0.3, 0.4) is 0 Å². The van der Waals surface area contributed by atoms with Gasteiger partial charge in [0.05, 0.1) is 24.2 Å². The van der Waals surface area contributed by atoms with E-state index in [1.54, 1.807) is 48.6 Å². The summed E-state index contributed by atoms with van der Waals surface area (Å²) in [5.74, 6) is -1.41. The molecule has 0 aliphatic heterocycles. The van der Waals surface area contributed by atoms with Crippen LogP contribution in [0.4, 0.5) is 13.2 Å². The number of nitrogens with zero attached hydrogens (tertiary/aromatic N) is 2. The van der Waals surface area contributed by atoms with Gasteiger partial charge in [-0.05, 0) is 43.2 Å². The molecule has 0 aliphatic carbocycles. The predicted octanol–water partition coefficient (Wildman–Crippen LogP) is 6.30. The molecule has 4 aromatic rings. The number of benzene rings is 3. The van der Waals surface area contributed by atoms with E-state index in [0.29, 0.717) is 10.9 Å². The third kappa shape index (κ3) is 6.18. The number of carboxylic acids is 1. The van der Waals surface area contributed by atoms with E-state index in [2.05, 4.69) is 5.10 Å². The number of aromatic nitrogens is 2. The van der Waals surface area contributed by atoms with Gasteiger partial charge in [0.2, 0.25) is 5.78 Å².